The van der Waals surface area contributed by atoms with E-state index in [0.29, 0.717) is 11.0 Å². The van der Waals surface area contributed by atoms with Gasteiger partial charge in [-0.2, -0.15) is 0 Å². The van der Waals surface area contributed by atoms with Crippen LogP contribution in [0.5, 0.6) is 0 Å². The number of hydrogen-bond acceptors (Lipinski definition) is 4. The Morgan fingerprint density at radius 3 is 3.00 bits per heavy atom. The van der Waals surface area contributed by atoms with E-state index < -0.39 is 9.84 Å². The van der Waals surface area contributed by atoms with E-state index in [-0.39, 0.29) is 0 Å². The van der Waals surface area contributed by atoms with E-state index in [4.69, 9.17) is 4.74 Å². The summed E-state index contributed by atoms with van der Waals surface area (Å²) in [6.45, 7) is 0.864. The molecule has 0 aliphatic carbocycles. The molecule has 0 bridgehead atoms. The second-order valence-electron chi connectivity index (χ2n) is 5.31. The Hall–Kier alpha value is -1.40. The fourth-order valence-corrected chi connectivity index (χ4v) is 3.21. The first kappa shape index (κ1) is 13.6. The Morgan fingerprint density at radius 1 is 1.45 bits per heavy atom. The summed E-state index contributed by atoms with van der Waals surface area (Å²) in [5.41, 5.74) is 1.58. The van der Waals surface area contributed by atoms with Gasteiger partial charge >= 0.3 is 0 Å². The number of fused-ring (bicyclic) bond motifs is 1. The molecule has 2 heterocycles. The number of nitrogens with one attached hydrogen (secondary N) is 1. The van der Waals surface area contributed by atoms with Gasteiger partial charge in [-0.3, -0.25) is 0 Å². The van der Waals surface area contributed by atoms with Gasteiger partial charge in [-0.1, -0.05) is 0 Å². The van der Waals surface area contributed by atoms with Gasteiger partial charge in [0, 0.05) is 19.3 Å². The molecule has 1 aromatic carbocycles. The van der Waals surface area contributed by atoms with Gasteiger partial charge in [0.05, 0.1) is 22.0 Å². The molecule has 1 fully saturated rings. The van der Waals surface area contributed by atoms with Crippen molar-refractivity contribution in [2.75, 3.05) is 12.9 Å². The first-order valence-electron chi connectivity index (χ1n) is 6.83. The van der Waals surface area contributed by atoms with Crippen molar-refractivity contribution in [3.05, 3.63) is 24.0 Å². The van der Waals surface area contributed by atoms with E-state index >= 15 is 0 Å². The van der Waals surface area contributed by atoms with Crippen molar-refractivity contribution in [1.82, 2.24) is 9.97 Å². The van der Waals surface area contributed by atoms with Crippen molar-refractivity contribution in [2.45, 2.75) is 36.7 Å². The van der Waals surface area contributed by atoms with Gasteiger partial charge in [0.15, 0.2) is 9.84 Å². The summed E-state index contributed by atoms with van der Waals surface area (Å²) >= 11 is 0. The molecule has 20 heavy (non-hydrogen) atoms. The Balaban J connectivity index is 1.79. The number of ether oxygens (including phenoxy) is 1. The van der Waals surface area contributed by atoms with Gasteiger partial charge in [-0.15, -0.1) is 0 Å². The highest BCUT2D eigenvalue weighted by atomic mass is 32.2. The van der Waals surface area contributed by atoms with E-state index in [1.54, 1.807) is 18.2 Å². The zero-order valence-corrected chi connectivity index (χ0v) is 12.2. The third-order valence-corrected chi connectivity index (χ3v) is 4.77. The van der Waals surface area contributed by atoms with Crippen LogP contribution >= 0.6 is 0 Å². The number of aromatic amines is 1. The lowest BCUT2D eigenvalue weighted by molar-refractivity contribution is 0.104. The highest BCUT2D eigenvalue weighted by molar-refractivity contribution is 7.90. The number of H-pyrrole nitrogens is 1. The molecule has 1 aliphatic rings. The van der Waals surface area contributed by atoms with Crippen LogP contribution in [0.2, 0.25) is 0 Å². The quantitative estimate of drug-likeness (QED) is 0.937. The average molecular weight is 294 g/mol. The van der Waals surface area contributed by atoms with Crippen LogP contribution in [-0.4, -0.2) is 37.4 Å². The molecule has 1 atom stereocenters. The number of aromatic nitrogens is 2. The maximum atomic E-state index is 11.5. The van der Waals surface area contributed by atoms with Crippen LogP contribution in [0.3, 0.4) is 0 Å². The second-order valence-corrected chi connectivity index (χ2v) is 7.32. The molecule has 108 valence electrons. The highest BCUT2D eigenvalue weighted by Crippen LogP contribution is 2.20. The SMILES string of the molecule is CS(=O)(=O)c1ccc2nc(CCC3CCCO3)[nH]c2c1. The molecule has 0 amide bonds. The Labute approximate surface area is 118 Å². The van der Waals surface area contributed by atoms with Gasteiger partial charge in [0.25, 0.3) is 0 Å². The minimum absolute atomic E-state index is 0.319. The first-order valence-corrected chi connectivity index (χ1v) is 8.72. The predicted molar refractivity (Wildman–Crippen MR) is 76.5 cm³/mol. The number of imidazole rings is 1. The molecule has 0 saturated carbocycles. The molecule has 1 unspecified atom stereocenters. The zero-order chi connectivity index (χ0) is 14.2. The fraction of sp³-hybridized carbons (Fsp3) is 0.500. The van der Waals surface area contributed by atoms with Crippen molar-refractivity contribution < 1.29 is 13.2 Å². The standard InChI is InChI=1S/C14H18N2O3S/c1-20(17,18)11-5-6-12-13(9-11)16-14(15-12)7-4-10-3-2-8-19-10/h5-6,9-10H,2-4,7-8H2,1H3,(H,15,16). The number of hydrogen-bond donors (Lipinski definition) is 1. The van der Waals surface area contributed by atoms with Crippen LogP contribution in [0, 0.1) is 0 Å². The molecule has 1 aliphatic heterocycles. The molecule has 3 rings (SSSR count). The molecule has 1 saturated heterocycles. The van der Waals surface area contributed by atoms with Gasteiger partial charge in [0.1, 0.15) is 5.82 Å². The van der Waals surface area contributed by atoms with Gasteiger partial charge in [-0.25, -0.2) is 13.4 Å². The Morgan fingerprint density at radius 2 is 2.30 bits per heavy atom. The molecule has 0 radical (unpaired) electrons. The van der Waals surface area contributed by atoms with E-state index in [2.05, 4.69) is 9.97 Å². The minimum Gasteiger partial charge on any atom is -0.378 e. The number of sulfone groups is 1. The van der Waals surface area contributed by atoms with E-state index in [9.17, 15) is 8.42 Å². The van der Waals surface area contributed by atoms with E-state index in [1.165, 1.54) is 6.26 Å². The molecule has 0 spiro atoms. The molecule has 6 heteroatoms. The highest BCUT2D eigenvalue weighted by Gasteiger charge is 2.16. The number of aryl methyl sites for hydroxylation is 1. The Bertz CT molecular complexity index is 715. The summed E-state index contributed by atoms with van der Waals surface area (Å²) in [5, 5.41) is 0. The minimum atomic E-state index is -3.18. The van der Waals surface area contributed by atoms with Gasteiger partial charge in [-0.05, 0) is 37.5 Å². The van der Waals surface area contributed by atoms with Crippen LogP contribution in [0.25, 0.3) is 11.0 Å². The van der Waals surface area contributed by atoms with E-state index in [1.807, 2.05) is 0 Å². The first-order chi connectivity index (χ1) is 9.52. The molecular formula is C14H18N2O3S. The van der Waals surface area contributed by atoms with Crippen LogP contribution in [0.4, 0.5) is 0 Å². The fourth-order valence-electron chi connectivity index (χ4n) is 2.56. The lowest BCUT2D eigenvalue weighted by atomic mass is 10.1. The number of nitrogens with zero attached hydrogens (tertiary/aromatic N) is 1. The Kier molecular flexibility index (Phi) is 3.52. The number of benzene rings is 1. The summed E-state index contributed by atoms with van der Waals surface area (Å²) in [6, 6.07) is 4.99. The largest absolute Gasteiger partial charge is 0.378 e. The molecule has 5 nitrogen and oxygen atoms in total. The summed E-state index contributed by atoms with van der Waals surface area (Å²) in [7, 11) is -3.18. The maximum absolute atomic E-state index is 11.5. The van der Waals surface area contributed by atoms with Crippen molar-refractivity contribution in [3.63, 3.8) is 0 Å². The average Bonchev–Trinajstić information content (AvgIpc) is 3.03. The van der Waals surface area contributed by atoms with Crippen molar-refractivity contribution in [2.24, 2.45) is 0 Å². The monoisotopic (exact) mass is 294 g/mol. The van der Waals surface area contributed by atoms with Crippen molar-refractivity contribution in [3.8, 4) is 0 Å². The molecular weight excluding hydrogens is 276 g/mol. The molecule has 2 aromatic rings. The molecule has 1 aromatic heterocycles. The lowest BCUT2D eigenvalue weighted by Gasteiger charge is -2.06. The van der Waals surface area contributed by atoms with Crippen LogP contribution < -0.4 is 0 Å². The second kappa shape index (κ2) is 5.18. The lowest BCUT2D eigenvalue weighted by Crippen LogP contribution is -2.06. The third-order valence-electron chi connectivity index (χ3n) is 3.66. The summed E-state index contributed by atoms with van der Waals surface area (Å²) in [4.78, 5) is 8.01. The smallest absolute Gasteiger partial charge is 0.175 e. The normalized spacial score (nSPS) is 19.8. The summed E-state index contributed by atoms with van der Waals surface area (Å²) in [6.07, 6.45) is 5.60. The van der Waals surface area contributed by atoms with Crippen molar-refractivity contribution in [1.29, 1.82) is 0 Å². The third kappa shape index (κ3) is 2.86. The maximum Gasteiger partial charge on any atom is 0.175 e. The number of rotatable bonds is 4. The van der Waals surface area contributed by atoms with Gasteiger partial charge in [0.2, 0.25) is 0 Å². The molecule has 1 N–H and O–H groups in total. The van der Waals surface area contributed by atoms with Crippen LogP contribution in [0.1, 0.15) is 25.1 Å². The van der Waals surface area contributed by atoms with Gasteiger partial charge < -0.3 is 9.72 Å². The summed E-state index contributed by atoms with van der Waals surface area (Å²) < 4.78 is 28.7. The predicted octanol–water partition coefficient (Wildman–Crippen LogP) is 2.08. The van der Waals surface area contributed by atoms with Crippen molar-refractivity contribution >= 4 is 20.9 Å². The van der Waals surface area contributed by atoms with Crippen LogP contribution in [0.15, 0.2) is 23.1 Å². The zero-order valence-electron chi connectivity index (χ0n) is 11.4. The summed E-state index contributed by atoms with van der Waals surface area (Å²) in [5.74, 6) is 0.890. The van der Waals surface area contributed by atoms with E-state index in [0.717, 1.165) is 49.1 Å². The van der Waals surface area contributed by atoms with Crippen LogP contribution in [-0.2, 0) is 21.0 Å². The topological polar surface area (TPSA) is 72.1 Å².